The molecule has 1 fully saturated rings. The number of rotatable bonds is 6. The summed E-state index contributed by atoms with van der Waals surface area (Å²) >= 11 is 0. The third kappa shape index (κ3) is 5.62. The highest BCUT2D eigenvalue weighted by Gasteiger charge is 2.18. The van der Waals surface area contributed by atoms with Crippen molar-refractivity contribution in [1.82, 2.24) is 4.90 Å². The predicted octanol–water partition coefficient (Wildman–Crippen LogP) is 2.31. The van der Waals surface area contributed by atoms with Crippen molar-refractivity contribution in [3.8, 4) is 0 Å². The van der Waals surface area contributed by atoms with E-state index in [0.717, 1.165) is 12.1 Å². The Morgan fingerprint density at radius 2 is 1.78 bits per heavy atom. The molecule has 1 amide bonds. The largest absolute Gasteiger partial charge is 0.345 e. The smallest absolute Gasteiger partial charge is 0.238 e. The molecule has 0 spiro atoms. The number of benzene rings is 1. The molecule has 1 saturated carbocycles. The molecule has 2 N–H and O–H groups in total. The highest BCUT2D eigenvalue weighted by Crippen LogP contribution is 2.24. The van der Waals surface area contributed by atoms with Crippen molar-refractivity contribution in [3.05, 3.63) is 29.8 Å². The van der Waals surface area contributed by atoms with E-state index in [1.807, 2.05) is 11.9 Å². The van der Waals surface area contributed by atoms with E-state index in [0.29, 0.717) is 18.8 Å². The van der Waals surface area contributed by atoms with E-state index in [9.17, 15) is 13.2 Å². The van der Waals surface area contributed by atoms with Crippen molar-refractivity contribution in [1.29, 1.82) is 0 Å². The zero-order valence-electron chi connectivity index (χ0n) is 13.7. The first-order valence-electron chi connectivity index (χ1n) is 8.22. The van der Waals surface area contributed by atoms with E-state index >= 15 is 0 Å². The van der Waals surface area contributed by atoms with Crippen LogP contribution in [0.4, 0.5) is 0 Å². The van der Waals surface area contributed by atoms with E-state index < -0.39 is 10.0 Å². The van der Waals surface area contributed by atoms with Gasteiger partial charge < -0.3 is 4.90 Å². The molecule has 1 aliphatic carbocycles. The summed E-state index contributed by atoms with van der Waals surface area (Å²) in [5, 5.41) is 5.07. The maximum Gasteiger partial charge on any atom is 0.238 e. The Bertz CT molecular complexity index is 620. The second kappa shape index (κ2) is 7.93. The molecule has 2 rings (SSSR count). The fourth-order valence-electron chi connectivity index (χ4n) is 3.15. The van der Waals surface area contributed by atoms with Gasteiger partial charge in [-0.2, -0.15) is 0 Å². The molecule has 0 aliphatic heterocycles. The first kappa shape index (κ1) is 17.9. The topological polar surface area (TPSA) is 80.5 Å². The average Bonchev–Trinajstić information content (AvgIpc) is 2.53. The summed E-state index contributed by atoms with van der Waals surface area (Å²) in [5.41, 5.74) is 0.941. The van der Waals surface area contributed by atoms with Gasteiger partial charge in [-0.05, 0) is 42.9 Å². The maximum atomic E-state index is 12.2. The first-order valence-corrected chi connectivity index (χ1v) is 9.76. The lowest BCUT2D eigenvalue weighted by Crippen LogP contribution is -2.32. The Balaban J connectivity index is 1.81. The van der Waals surface area contributed by atoms with Crippen molar-refractivity contribution in [2.24, 2.45) is 11.1 Å². The number of nitrogens with two attached hydrogens (primary N) is 1. The standard InChI is InChI=1S/C17H26N2O3S/c1-19(13-15-5-3-2-4-6-15)17(20)12-9-14-7-10-16(11-8-14)23(18,21)22/h7-8,10-11,15H,2-6,9,12-13H2,1H3,(H2,18,21,22). The van der Waals surface area contributed by atoms with E-state index in [1.54, 1.807) is 12.1 Å². The quantitative estimate of drug-likeness (QED) is 0.864. The van der Waals surface area contributed by atoms with Crippen LogP contribution in [0.3, 0.4) is 0 Å². The van der Waals surface area contributed by atoms with Gasteiger partial charge in [-0.15, -0.1) is 0 Å². The molecule has 0 radical (unpaired) electrons. The van der Waals surface area contributed by atoms with Crippen LogP contribution in [-0.4, -0.2) is 32.8 Å². The molecule has 1 aromatic carbocycles. The molecule has 128 valence electrons. The Morgan fingerprint density at radius 3 is 2.35 bits per heavy atom. The van der Waals surface area contributed by atoms with Crippen LogP contribution in [0.15, 0.2) is 29.2 Å². The number of hydrogen-bond acceptors (Lipinski definition) is 3. The molecule has 1 aromatic rings. The zero-order chi connectivity index (χ0) is 16.9. The lowest BCUT2D eigenvalue weighted by atomic mass is 9.89. The number of carbonyl (C=O) groups excluding carboxylic acids is 1. The van der Waals surface area contributed by atoms with Gasteiger partial charge in [-0.3, -0.25) is 4.79 Å². The van der Waals surface area contributed by atoms with Gasteiger partial charge in [0.2, 0.25) is 15.9 Å². The molecule has 1 aliphatic rings. The van der Waals surface area contributed by atoms with Crippen LogP contribution in [0.1, 0.15) is 44.1 Å². The van der Waals surface area contributed by atoms with Crippen LogP contribution in [0.5, 0.6) is 0 Å². The van der Waals surface area contributed by atoms with Crippen LogP contribution in [0.2, 0.25) is 0 Å². The number of hydrogen-bond donors (Lipinski definition) is 1. The van der Waals surface area contributed by atoms with Crippen LogP contribution in [-0.2, 0) is 21.2 Å². The minimum Gasteiger partial charge on any atom is -0.345 e. The fourth-order valence-corrected chi connectivity index (χ4v) is 3.66. The minimum atomic E-state index is -3.66. The van der Waals surface area contributed by atoms with Gasteiger partial charge in [0, 0.05) is 20.0 Å². The molecule has 0 aromatic heterocycles. The summed E-state index contributed by atoms with van der Waals surface area (Å²) in [6, 6.07) is 6.41. The second-order valence-corrected chi connectivity index (χ2v) is 8.03. The second-order valence-electron chi connectivity index (χ2n) is 6.47. The Kier molecular flexibility index (Phi) is 6.18. The zero-order valence-corrected chi connectivity index (χ0v) is 14.5. The summed E-state index contributed by atoms with van der Waals surface area (Å²) in [6.07, 6.45) is 7.39. The third-order valence-electron chi connectivity index (χ3n) is 4.56. The highest BCUT2D eigenvalue weighted by atomic mass is 32.2. The summed E-state index contributed by atoms with van der Waals surface area (Å²) in [4.78, 5) is 14.2. The van der Waals surface area contributed by atoms with E-state index in [1.165, 1.54) is 44.2 Å². The first-order chi connectivity index (χ1) is 10.9. The van der Waals surface area contributed by atoms with Crippen molar-refractivity contribution >= 4 is 15.9 Å². The lowest BCUT2D eigenvalue weighted by Gasteiger charge is -2.27. The number of aryl methyl sites for hydroxylation is 1. The molecule has 0 unspecified atom stereocenters. The number of sulfonamides is 1. The van der Waals surface area contributed by atoms with Crippen molar-refractivity contribution in [2.45, 2.75) is 49.8 Å². The normalized spacial score (nSPS) is 16.3. The number of amides is 1. The van der Waals surface area contributed by atoms with E-state index in [2.05, 4.69) is 0 Å². The van der Waals surface area contributed by atoms with Crippen molar-refractivity contribution in [2.75, 3.05) is 13.6 Å². The molecule has 5 nitrogen and oxygen atoms in total. The monoisotopic (exact) mass is 338 g/mol. The summed E-state index contributed by atoms with van der Waals surface area (Å²) in [5.74, 6) is 0.790. The van der Waals surface area contributed by atoms with Crippen LogP contribution >= 0.6 is 0 Å². The van der Waals surface area contributed by atoms with Crippen molar-refractivity contribution in [3.63, 3.8) is 0 Å². The van der Waals surface area contributed by atoms with Gasteiger partial charge in [-0.25, -0.2) is 13.6 Å². The molecule has 23 heavy (non-hydrogen) atoms. The third-order valence-corrected chi connectivity index (χ3v) is 5.49. The molecule has 6 heteroatoms. The van der Waals surface area contributed by atoms with Gasteiger partial charge in [0.15, 0.2) is 0 Å². The van der Waals surface area contributed by atoms with Crippen molar-refractivity contribution < 1.29 is 13.2 Å². The number of primary sulfonamides is 1. The lowest BCUT2D eigenvalue weighted by molar-refractivity contribution is -0.130. The summed E-state index contributed by atoms with van der Waals surface area (Å²) in [6.45, 7) is 0.850. The molecular formula is C17H26N2O3S. The minimum absolute atomic E-state index is 0.0991. The van der Waals surface area contributed by atoms with Crippen LogP contribution < -0.4 is 5.14 Å². The number of nitrogens with zero attached hydrogens (tertiary/aromatic N) is 1. The Labute approximate surface area is 138 Å². The molecular weight excluding hydrogens is 312 g/mol. The van der Waals surface area contributed by atoms with Gasteiger partial charge in [0.1, 0.15) is 0 Å². The summed E-state index contributed by atoms with van der Waals surface area (Å²) < 4.78 is 22.4. The van der Waals surface area contributed by atoms with Gasteiger partial charge in [0.25, 0.3) is 0 Å². The molecule has 0 bridgehead atoms. The highest BCUT2D eigenvalue weighted by molar-refractivity contribution is 7.89. The van der Waals surface area contributed by atoms with Crippen LogP contribution in [0, 0.1) is 5.92 Å². The molecule has 0 atom stereocenters. The molecule has 0 heterocycles. The van der Waals surface area contributed by atoms with Gasteiger partial charge in [0.05, 0.1) is 4.90 Å². The van der Waals surface area contributed by atoms with Crippen LogP contribution in [0.25, 0.3) is 0 Å². The Morgan fingerprint density at radius 1 is 1.17 bits per heavy atom. The number of carbonyl (C=O) groups is 1. The Hall–Kier alpha value is -1.40. The summed E-state index contributed by atoms with van der Waals surface area (Å²) in [7, 11) is -1.78. The van der Waals surface area contributed by atoms with Gasteiger partial charge in [-0.1, -0.05) is 31.4 Å². The van der Waals surface area contributed by atoms with Gasteiger partial charge >= 0.3 is 0 Å². The molecule has 0 saturated heterocycles. The fraction of sp³-hybridized carbons (Fsp3) is 0.588. The van der Waals surface area contributed by atoms with E-state index in [4.69, 9.17) is 5.14 Å². The maximum absolute atomic E-state index is 12.2. The van der Waals surface area contributed by atoms with E-state index in [-0.39, 0.29) is 10.8 Å². The predicted molar refractivity (Wildman–Crippen MR) is 90.3 cm³/mol. The SMILES string of the molecule is CN(CC1CCCCC1)C(=O)CCc1ccc(S(N)(=O)=O)cc1. The average molecular weight is 338 g/mol.